The minimum Gasteiger partial charge on any atom is -0.502 e. The lowest BCUT2D eigenvalue weighted by Crippen LogP contribution is -2.27. The third kappa shape index (κ3) is 3.66. The second-order valence-electron chi connectivity index (χ2n) is 9.06. The van der Waals surface area contributed by atoms with Crippen LogP contribution in [0.3, 0.4) is 0 Å². The fourth-order valence-corrected chi connectivity index (χ4v) is 5.23. The maximum Gasteiger partial charge on any atom is 0.231 e. The van der Waals surface area contributed by atoms with Gasteiger partial charge in [-0.3, -0.25) is 4.79 Å². The Balaban J connectivity index is 1.46. The average Bonchev–Trinajstić information content (AvgIpc) is 3.29. The summed E-state index contributed by atoms with van der Waals surface area (Å²) in [5.41, 5.74) is 5.08. The van der Waals surface area contributed by atoms with Gasteiger partial charge in [0, 0.05) is 17.7 Å². The summed E-state index contributed by atoms with van der Waals surface area (Å²) in [5, 5.41) is 17.5. The smallest absolute Gasteiger partial charge is 0.231 e. The first kappa shape index (κ1) is 22.2. The van der Waals surface area contributed by atoms with Crippen LogP contribution in [0.15, 0.2) is 65.9 Å². The number of phenolic OH excluding ortho intramolecular Hbond substituents is 1. The number of hydrogen-bond donors (Lipinski definition) is 3. The highest BCUT2D eigenvalue weighted by atomic mass is 16.7. The minimum absolute atomic E-state index is 0.00643. The molecule has 3 aromatic carbocycles. The zero-order valence-electron chi connectivity index (χ0n) is 20.0. The number of fused-ring (bicyclic) bond motifs is 2. The molecule has 184 valence electrons. The quantitative estimate of drug-likeness (QED) is 0.468. The van der Waals surface area contributed by atoms with Gasteiger partial charge >= 0.3 is 0 Å². The third-order valence-corrected chi connectivity index (χ3v) is 7.01. The Morgan fingerprint density at radius 3 is 2.36 bits per heavy atom. The normalized spacial score (nSPS) is 20.0. The van der Waals surface area contributed by atoms with E-state index in [2.05, 4.69) is 10.6 Å². The molecular formula is C28H26N2O6. The molecule has 0 fully saturated rings. The number of ether oxygens (including phenoxy) is 4. The summed E-state index contributed by atoms with van der Waals surface area (Å²) in [6, 6.07) is 16.8. The van der Waals surface area contributed by atoms with Crippen molar-refractivity contribution in [2.24, 2.45) is 0 Å². The molecule has 0 bridgehead atoms. The number of anilines is 2. The van der Waals surface area contributed by atoms with E-state index in [0.29, 0.717) is 24.2 Å². The zero-order chi connectivity index (χ0) is 24.8. The van der Waals surface area contributed by atoms with Crippen LogP contribution in [0.1, 0.15) is 35.9 Å². The number of hydrogen-bond acceptors (Lipinski definition) is 8. The molecule has 0 unspecified atom stereocenters. The highest BCUT2D eigenvalue weighted by molar-refractivity contribution is 6.01. The van der Waals surface area contributed by atoms with Crippen LogP contribution in [-0.2, 0) is 4.79 Å². The second kappa shape index (κ2) is 8.71. The number of allylic oxidation sites excluding steroid dienone is 1. The lowest BCUT2D eigenvalue weighted by Gasteiger charge is -2.30. The van der Waals surface area contributed by atoms with Gasteiger partial charge in [-0.15, -0.1) is 0 Å². The molecule has 36 heavy (non-hydrogen) atoms. The average molecular weight is 487 g/mol. The van der Waals surface area contributed by atoms with Gasteiger partial charge < -0.3 is 34.7 Å². The maximum atomic E-state index is 13.8. The van der Waals surface area contributed by atoms with E-state index in [4.69, 9.17) is 18.9 Å². The number of nitrogens with one attached hydrogen (secondary N) is 2. The van der Waals surface area contributed by atoms with Gasteiger partial charge in [0.15, 0.2) is 28.8 Å². The van der Waals surface area contributed by atoms with E-state index in [1.165, 1.54) is 14.2 Å². The summed E-state index contributed by atoms with van der Waals surface area (Å²) in [4.78, 5) is 13.8. The van der Waals surface area contributed by atoms with Gasteiger partial charge in [0.05, 0.1) is 31.6 Å². The standard InChI is InChI=1S/C28H26N2O6/c1-33-24-12-17(13-25(34-2)28(24)32)27-26-20(29-18-5-3-4-6-19(18)30-27)9-16(10-21(26)31)15-7-8-22-23(11-15)36-14-35-22/h3-8,11-13,16,27,29-30,32H,9-10,14H2,1-2H3/t16-,27+/m0/s1. The summed E-state index contributed by atoms with van der Waals surface area (Å²) < 4.78 is 21.8. The third-order valence-electron chi connectivity index (χ3n) is 7.01. The van der Waals surface area contributed by atoms with Crippen LogP contribution in [0.5, 0.6) is 28.7 Å². The summed E-state index contributed by atoms with van der Waals surface area (Å²) in [7, 11) is 2.98. The first-order valence-corrected chi connectivity index (χ1v) is 11.8. The maximum absolute atomic E-state index is 13.8. The second-order valence-corrected chi connectivity index (χ2v) is 9.06. The molecule has 3 aliphatic rings. The van der Waals surface area contributed by atoms with Crippen LogP contribution in [0.25, 0.3) is 0 Å². The highest BCUT2D eigenvalue weighted by Crippen LogP contribution is 2.47. The molecule has 3 N–H and O–H groups in total. The van der Waals surface area contributed by atoms with Gasteiger partial charge in [-0.05, 0) is 59.9 Å². The van der Waals surface area contributed by atoms with Gasteiger partial charge in [-0.2, -0.15) is 0 Å². The number of benzene rings is 3. The van der Waals surface area contributed by atoms with E-state index in [1.54, 1.807) is 12.1 Å². The first-order chi connectivity index (χ1) is 17.6. The zero-order valence-corrected chi connectivity index (χ0v) is 20.0. The lowest BCUT2D eigenvalue weighted by molar-refractivity contribution is -0.116. The van der Waals surface area contributed by atoms with Gasteiger partial charge in [0.2, 0.25) is 12.5 Å². The Morgan fingerprint density at radius 1 is 0.889 bits per heavy atom. The summed E-state index contributed by atoms with van der Waals surface area (Å²) in [6.07, 6.45) is 1.01. The van der Waals surface area contributed by atoms with Gasteiger partial charge in [-0.25, -0.2) is 0 Å². The van der Waals surface area contributed by atoms with Crippen LogP contribution in [0.2, 0.25) is 0 Å². The Morgan fingerprint density at radius 2 is 1.61 bits per heavy atom. The number of para-hydroxylation sites is 2. The molecule has 1 aliphatic carbocycles. The molecule has 0 spiro atoms. The van der Waals surface area contributed by atoms with E-state index in [9.17, 15) is 9.90 Å². The Labute approximate surface area is 208 Å². The van der Waals surface area contributed by atoms with Crippen molar-refractivity contribution in [1.82, 2.24) is 0 Å². The van der Waals surface area contributed by atoms with Crippen molar-refractivity contribution in [2.75, 3.05) is 31.6 Å². The summed E-state index contributed by atoms with van der Waals surface area (Å²) in [5.74, 6) is 1.95. The molecule has 8 nitrogen and oxygen atoms in total. The van der Waals surface area contributed by atoms with Crippen LogP contribution < -0.4 is 29.6 Å². The molecule has 0 amide bonds. The number of Topliss-reactive ketones (excluding diaryl/α,β-unsaturated/α-hetero) is 1. The van der Waals surface area contributed by atoms with Gasteiger partial charge in [0.1, 0.15) is 0 Å². The van der Waals surface area contributed by atoms with Crippen molar-refractivity contribution in [1.29, 1.82) is 0 Å². The predicted octanol–water partition coefficient (Wildman–Crippen LogP) is 5.12. The Hall–Kier alpha value is -4.33. The SMILES string of the molecule is COc1cc([C@H]2Nc3ccccc3NC3=C2C(=O)C[C@@H](c2ccc4c(c2)OCO4)C3)cc(OC)c1O. The van der Waals surface area contributed by atoms with Crippen molar-refractivity contribution in [2.45, 2.75) is 24.8 Å². The topological polar surface area (TPSA) is 98.3 Å². The molecule has 0 radical (unpaired) electrons. The van der Waals surface area contributed by atoms with E-state index in [0.717, 1.165) is 33.9 Å². The molecule has 6 rings (SSSR count). The van der Waals surface area contributed by atoms with Crippen LogP contribution in [-0.4, -0.2) is 31.9 Å². The molecule has 2 atom stereocenters. The van der Waals surface area contributed by atoms with E-state index in [-0.39, 0.29) is 35.7 Å². The molecular weight excluding hydrogens is 460 g/mol. The number of phenols is 1. The van der Waals surface area contributed by atoms with Gasteiger partial charge in [0.25, 0.3) is 0 Å². The van der Waals surface area contributed by atoms with Crippen LogP contribution in [0.4, 0.5) is 11.4 Å². The Kier molecular flexibility index (Phi) is 5.36. The number of aromatic hydroxyl groups is 1. The van der Waals surface area contributed by atoms with Crippen molar-refractivity contribution in [3.05, 3.63) is 77.0 Å². The highest BCUT2D eigenvalue weighted by Gasteiger charge is 2.37. The number of carbonyl (C=O) groups excluding carboxylic acids is 1. The molecule has 0 saturated carbocycles. The number of carbonyl (C=O) groups is 1. The van der Waals surface area contributed by atoms with Crippen molar-refractivity contribution in [3.63, 3.8) is 0 Å². The van der Waals surface area contributed by atoms with Crippen molar-refractivity contribution < 1.29 is 28.8 Å². The molecule has 2 heterocycles. The summed E-state index contributed by atoms with van der Waals surface area (Å²) in [6.45, 7) is 0.211. The molecule has 0 aromatic heterocycles. The fourth-order valence-electron chi connectivity index (χ4n) is 5.23. The minimum atomic E-state index is -0.468. The van der Waals surface area contributed by atoms with E-state index >= 15 is 0 Å². The largest absolute Gasteiger partial charge is 0.502 e. The lowest BCUT2D eigenvalue weighted by atomic mass is 9.78. The fraction of sp³-hybridized carbons (Fsp3) is 0.250. The van der Waals surface area contributed by atoms with Crippen LogP contribution >= 0.6 is 0 Å². The van der Waals surface area contributed by atoms with Crippen molar-refractivity contribution >= 4 is 17.2 Å². The van der Waals surface area contributed by atoms with Crippen LogP contribution in [0, 0.1) is 0 Å². The molecule has 8 heteroatoms. The number of ketones is 1. The van der Waals surface area contributed by atoms with E-state index < -0.39 is 6.04 Å². The predicted molar refractivity (Wildman–Crippen MR) is 134 cm³/mol. The summed E-state index contributed by atoms with van der Waals surface area (Å²) >= 11 is 0. The first-order valence-electron chi connectivity index (χ1n) is 11.8. The molecule has 0 saturated heterocycles. The van der Waals surface area contributed by atoms with Crippen molar-refractivity contribution in [3.8, 4) is 28.7 Å². The Bertz CT molecular complexity index is 1370. The number of methoxy groups -OCH3 is 2. The van der Waals surface area contributed by atoms with Gasteiger partial charge in [-0.1, -0.05) is 18.2 Å². The number of rotatable bonds is 4. The molecule has 2 aliphatic heterocycles. The monoisotopic (exact) mass is 486 g/mol. The molecule has 3 aromatic rings. The van der Waals surface area contributed by atoms with E-state index in [1.807, 2.05) is 42.5 Å².